The molecule has 0 unspecified atom stereocenters. The number of fused-ring (bicyclic) bond motifs is 1. The third-order valence-corrected chi connectivity index (χ3v) is 4.49. The molecule has 3 rings (SSSR count). The van der Waals surface area contributed by atoms with Gasteiger partial charge < -0.3 is 5.32 Å². The predicted octanol–water partition coefficient (Wildman–Crippen LogP) is 3.08. The molecule has 122 valence electrons. The Balaban J connectivity index is 1.72. The Morgan fingerprint density at radius 2 is 2.00 bits per heavy atom. The molecule has 0 fully saturated rings. The van der Waals surface area contributed by atoms with Crippen molar-refractivity contribution >= 4 is 34.4 Å². The van der Waals surface area contributed by atoms with Crippen LogP contribution < -0.4 is 5.32 Å². The minimum Gasteiger partial charge on any atom is -0.325 e. The first-order valence-corrected chi connectivity index (χ1v) is 8.46. The quantitative estimate of drug-likeness (QED) is 0.581. The Morgan fingerprint density at radius 3 is 2.83 bits per heavy atom. The number of hydrogen-bond donors (Lipinski definition) is 1. The van der Waals surface area contributed by atoms with Gasteiger partial charge in [0.05, 0.1) is 11.1 Å². The van der Waals surface area contributed by atoms with Crippen molar-refractivity contribution in [1.29, 1.82) is 0 Å². The molecule has 1 N–H and O–H groups in total. The van der Waals surface area contributed by atoms with Gasteiger partial charge in [-0.1, -0.05) is 23.9 Å². The highest BCUT2D eigenvalue weighted by Gasteiger charge is 2.10. The summed E-state index contributed by atoms with van der Waals surface area (Å²) in [6.07, 6.45) is 3.16. The standard InChI is InChI=1S/C17H17N5OS/c1-10-4-5-11(2)14(6-10)22-15(23)8-24-17-13-7-18-12(3)21-16(13)19-9-20-17/h4-7,9H,8H2,1-3H3,(H,22,23). The van der Waals surface area contributed by atoms with Crippen LogP contribution in [0.1, 0.15) is 17.0 Å². The number of carbonyl (C=O) groups excluding carboxylic acids is 1. The highest BCUT2D eigenvalue weighted by molar-refractivity contribution is 8.00. The summed E-state index contributed by atoms with van der Waals surface area (Å²) < 4.78 is 0. The second-order valence-electron chi connectivity index (χ2n) is 5.49. The molecule has 24 heavy (non-hydrogen) atoms. The zero-order valence-electron chi connectivity index (χ0n) is 13.7. The van der Waals surface area contributed by atoms with Gasteiger partial charge >= 0.3 is 0 Å². The number of aromatic nitrogens is 4. The maximum absolute atomic E-state index is 12.2. The molecule has 0 atom stereocenters. The van der Waals surface area contributed by atoms with Crippen LogP contribution in [0.4, 0.5) is 5.69 Å². The van der Waals surface area contributed by atoms with Crippen LogP contribution in [0, 0.1) is 20.8 Å². The summed E-state index contributed by atoms with van der Waals surface area (Å²) in [5.74, 6) is 0.839. The lowest BCUT2D eigenvalue weighted by molar-refractivity contribution is -0.113. The number of anilines is 1. The molecule has 2 aromatic heterocycles. The van der Waals surface area contributed by atoms with Crippen LogP contribution in [0.3, 0.4) is 0 Å². The lowest BCUT2D eigenvalue weighted by Crippen LogP contribution is -2.15. The smallest absolute Gasteiger partial charge is 0.234 e. The number of rotatable bonds is 4. The van der Waals surface area contributed by atoms with Gasteiger partial charge in [-0.2, -0.15) is 0 Å². The monoisotopic (exact) mass is 339 g/mol. The van der Waals surface area contributed by atoms with Gasteiger partial charge in [-0.15, -0.1) is 0 Å². The first-order valence-electron chi connectivity index (χ1n) is 7.47. The van der Waals surface area contributed by atoms with Gasteiger partial charge in [0, 0.05) is 11.9 Å². The van der Waals surface area contributed by atoms with Crippen molar-refractivity contribution in [3.8, 4) is 0 Å². The average Bonchev–Trinajstić information content (AvgIpc) is 2.56. The zero-order valence-corrected chi connectivity index (χ0v) is 14.5. The van der Waals surface area contributed by atoms with E-state index in [2.05, 4.69) is 25.3 Å². The molecule has 1 amide bonds. The highest BCUT2D eigenvalue weighted by atomic mass is 32.2. The Labute approximate surface area is 144 Å². The number of thioether (sulfide) groups is 1. The highest BCUT2D eigenvalue weighted by Crippen LogP contribution is 2.23. The van der Waals surface area contributed by atoms with Crippen LogP contribution >= 0.6 is 11.8 Å². The van der Waals surface area contributed by atoms with E-state index >= 15 is 0 Å². The lowest BCUT2D eigenvalue weighted by atomic mass is 10.1. The fourth-order valence-electron chi connectivity index (χ4n) is 2.22. The molecule has 7 heteroatoms. The summed E-state index contributed by atoms with van der Waals surface area (Å²) in [5, 5.41) is 4.41. The molecule has 0 saturated heterocycles. The second-order valence-corrected chi connectivity index (χ2v) is 6.45. The molecular formula is C17H17N5OS. The Hall–Kier alpha value is -2.54. The van der Waals surface area contributed by atoms with Crippen molar-refractivity contribution in [3.63, 3.8) is 0 Å². The van der Waals surface area contributed by atoms with Crippen LogP contribution in [0.2, 0.25) is 0 Å². The largest absolute Gasteiger partial charge is 0.325 e. The van der Waals surface area contributed by atoms with Gasteiger partial charge in [0.25, 0.3) is 0 Å². The summed E-state index contributed by atoms with van der Waals surface area (Å²) >= 11 is 1.35. The molecule has 0 radical (unpaired) electrons. The predicted molar refractivity (Wildman–Crippen MR) is 95.1 cm³/mol. The Kier molecular flexibility index (Phi) is 4.71. The van der Waals surface area contributed by atoms with E-state index in [1.807, 2.05) is 39.0 Å². The van der Waals surface area contributed by atoms with Gasteiger partial charge in [0.2, 0.25) is 5.91 Å². The second kappa shape index (κ2) is 6.92. The molecule has 6 nitrogen and oxygen atoms in total. The maximum atomic E-state index is 12.2. The molecule has 0 bridgehead atoms. The number of benzene rings is 1. The van der Waals surface area contributed by atoms with E-state index in [-0.39, 0.29) is 11.7 Å². The lowest BCUT2D eigenvalue weighted by Gasteiger charge is -2.09. The van der Waals surface area contributed by atoms with Crippen molar-refractivity contribution in [3.05, 3.63) is 47.7 Å². The number of nitrogens with one attached hydrogen (secondary N) is 1. The molecular weight excluding hydrogens is 322 g/mol. The van der Waals surface area contributed by atoms with E-state index in [0.29, 0.717) is 16.5 Å². The third kappa shape index (κ3) is 3.68. The van der Waals surface area contributed by atoms with Crippen LogP contribution in [-0.4, -0.2) is 31.6 Å². The van der Waals surface area contributed by atoms with Crippen LogP contribution in [0.25, 0.3) is 11.0 Å². The summed E-state index contributed by atoms with van der Waals surface area (Å²) in [7, 11) is 0. The minimum absolute atomic E-state index is 0.0755. The fourth-order valence-corrected chi connectivity index (χ4v) is 2.98. The van der Waals surface area contributed by atoms with Gasteiger partial charge in [-0.25, -0.2) is 19.9 Å². The fraction of sp³-hybridized carbons (Fsp3) is 0.235. The van der Waals surface area contributed by atoms with Crippen molar-refractivity contribution in [2.24, 2.45) is 0 Å². The molecule has 0 saturated carbocycles. The van der Waals surface area contributed by atoms with Crippen LogP contribution in [0.15, 0.2) is 35.7 Å². The third-order valence-electron chi connectivity index (χ3n) is 3.48. The Morgan fingerprint density at radius 1 is 1.17 bits per heavy atom. The van der Waals surface area contributed by atoms with E-state index in [4.69, 9.17) is 0 Å². The minimum atomic E-state index is -0.0755. The van der Waals surface area contributed by atoms with E-state index in [1.165, 1.54) is 18.1 Å². The number of nitrogens with zero attached hydrogens (tertiary/aromatic N) is 4. The van der Waals surface area contributed by atoms with Gasteiger partial charge in [0.15, 0.2) is 5.65 Å². The topological polar surface area (TPSA) is 80.7 Å². The van der Waals surface area contributed by atoms with Crippen molar-refractivity contribution in [1.82, 2.24) is 19.9 Å². The van der Waals surface area contributed by atoms with Gasteiger partial charge in [0.1, 0.15) is 17.2 Å². The van der Waals surface area contributed by atoms with Crippen molar-refractivity contribution in [2.45, 2.75) is 25.8 Å². The van der Waals surface area contributed by atoms with E-state index < -0.39 is 0 Å². The molecule has 0 aliphatic heterocycles. The molecule has 0 aliphatic rings. The molecule has 2 heterocycles. The van der Waals surface area contributed by atoms with Crippen molar-refractivity contribution in [2.75, 3.05) is 11.1 Å². The molecule has 3 aromatic rings. The molecule has 0 aliphatic carbocycles. The van der Waals surface area contributed by atoms with E-state index in [9.17, 15) is 4.79 Å². The number of hydrogen-bond acceptors (Lipinski definition) is 6. The summed E-state index contributed by atoms with van der Waals surface area (Å²) in [5.41, 5.74) is 3.58. The van der Waals surface area contributed by atoms with Crippen LogP contribution in [-0.2, 0) is 4.79 Å². The first-order chi connectivity index (χ1) is 11.5. The SMILES string of the molecule is Cc1ccc(C)c(NC(=O)CSc2ncnc3nc(C)ncc23)c1. The molecule has 1 aromatic carbocycles. The van der Waals surface area contributed by atoms with Gasteiger partial charge in [-0.3, -0.25) is 4.79 Å². The van der Waals surface area contributed by atoms with E-state index in [0.717, 1.165) is 22.2 Å². The average molecular weight is 339 g/mol. The summed E-state index contributed by atoms with van der Waals surface area (Å²) in [4.78, 5) is 29.1. The van der Waals surface area contributed by atoms with Crippen LogP contribution in [0.5, 0.6) is 0 Å². The van der Waals surface area contributed by atoms with Gasteiger partial charge in [-0.05, 0) is 38.0 Å². The number of carbonyl (C=O) groups is 1. The zero-order chi connectivity index (χ0) is 17.1. The summed E-state index contributed by atoms with van der Waals surface area (Å²) in [6, 6.07) is 5.99. The number of amides is 1. The van der Waals surface area contributed by atoms with Crippen molar-refractivity contribution < 1.29 is 4.79 Å². The number of aryl methyl sites for hydroxylation is 3. The maximum Gasteiger partial charge on any atom is 0.234 e. The normalized spacial score (nSPS) is 10.8. The first kappa shape index (κ1) is 16.3. The Bertz CT molecular complexity index is 913. The summed E-state index contributed by atoms with van der Waals surface area (Å²) in [6.45, 7) is 5.78. The molecule has 0 spiro atoms. The van der Waals surface area contributed by atoms with E-state index in [1.54, 1.807) is 6.20 Å².